The molecular formula is C21H13Cl2F7N2O6. The molecular weight excluding hydrogens is 580 g/mol. The average molecular weight is 593 g/mol. The standard InChI is InChI=1S/C21H13Cl2F7N2O6/c22-11-5-10(17(33)32-3-1-2-14(32)18(34)38-19(35)21(28,29)30)13(24)6-15(11)37-9-4-12(23)16(31-7-9)36-8-20(25,26)27/h4-7,14H,1-3,8H2/t14-/m0/s1. The first kappa shape index (κ1) is 29.2. The first-order chi connectivity index (χ1) is 17.6. The van der Waals surface area contributed by atoms with E-state index in [-0.39, 0.29) is 40.9 Å². The van der Waals surface area contributed by atoms with Crippen LogP contribution in [0.5, 0.6) is 17.4 Å². The van der Waals surface area contributed by atoms with E-state index in [1.54, 1.807) is 0 Å². The van der Waals surface area contributed by atoms with Gasteiger partial charge in [-0.1, -0.05) is 23.2 Å². The Kier molecular flexibility index (Phi) is 8.61. The molecule has 38 heavy (non-hydrogen) atoms. The highest BCUT2D eigenvalue weighted by Gasteiger charge is 2.45. The van der Waals surface area contributed by atoms with Crippen molar-refractivity contribution in [2.24, 2.45) is 0 Å². The predicted octanol–water partition coefficient (Wildman–Crippen LogP) is 5.50. The van der Waals surface area contributed by atoms with Gasteiger partial charge >= 0.3 is 24.3 Å². The minimum absolute atomic E-state index is 0.136. The van der Waals surface area contributed by atoms with E-state index in [1.807, 2.05) is 0 Å². The van der Waals surface area contributed by atoms with Crippen molar-refractivity contribution in [3.8, 4) is 17.4 Å². The van der Waals surface area contributed by atoms with Crippen molar-refractivity contribution in [3.05, 3.63) is 45.8 Å². The summed E-state index contributed by atoms with van der Waals surface area (Å²) < 4.78 is 102. The fraction of sp³-hybridized carbons (Fsp3) is 0.333. The van der Waals surface area contributed by atoms with Crippen molar-refractivity contribution in [2.45, 2.75) is 31.2 Å². The lowest BCUT2D eigenvalue weighted by Crippen LogP contribution is -2.43. The summed E-state index contributed by atoms with van der Waals surface area (Å²) in [4.78, 5) is 40.2. The predicted molar refractivity (Wildman–Crippen MR) is 113 cm³/mol. The topological polar surface area (TPSA) is 95.0 Å². The molecule has 0 saturated carbocycles. The highest BCUT2D eigenvalue weighted by atomic mass is 35.5. The van der Waals surface area contributed by atoms with Gasteiger partial charge in [0.2, 0.25) is 5.88 Å². The maximum absolute atomic E-state index is 14.8. The first-order valence-corrected chi connectivity index (χ1v) is 11.0. The number of alkyl halides is 6. The van der Waals surface area contributed by atoms with E-state index in [2.05, 4.69) is 14.5 Å². The fourth-order valence-corrected chi connectivity index (χ4v) is 3.66. The van der Waals surface area contributed by atoms with Crippen LogP contribution in [0, 0.1) is 5.82 Å². The number of nitrogens with zero attached hydrogens (tertiary/aromatic N) is 2. The van der Waals surface area contributed by atoms with E-state index < -0.39 is 60.1 Å². The van der Waals surface area contributed by atoms with E-state index >= 15 is 0 Å². The summed E-state index contributed by atoms with van der Waals surface area (Å²) in [6, 6.07) is 0.935. The van der Waals surface area contributed by atoms with Crippen LogP contribution < -0.4 is 9.47 Å². The van der Waals surface area contributed by atoms with E-state index in [4.69, 9.17) is 27.9 Å². The van der Waals surface area contributed by atoms with Gasteiger partial charge in [0.25, 0.3) is 5.91 Å². The molecule has 1 fully saturated rings. The van der Waals surface area contributed by atoms with E-state index in [9.17, 15) is 45.1 Å². The summed E-state index contributed by atoms with van der Waals surface area (Å²) in [6.45, 7) is -1.80. The average Bonchev–Trinajstić information content (AvgIpc) is 3.29. The number of aromatic nitrogens is 1. The number of carbonyl (C=O) groups is 3. The third-order valence-electron chi connectivity index (χ3n) is 4.85. The normalized spacial score (nSPS) is 15.8. The second kappa shape index (κ2) is 11.2. The van der Waals surface area contributed by atoms with Crippen LogP contribution in [-0.4, -0.2) is 59.3 Å². The molecule has 0 unspecified atom stereocenters. The molecule has 2 heterocycles. The van der Waals surface area contributed by atoms with Gasteiger partial charge in [-0.25, -0.2) is 19.0 Å². The summed E-state index contributed by atoms with van der Waals surface area (Å²) in [7, 11) is 0. The Bertz CT molecular complexity index is 1260. The number of halogens is 9. The Hall–Kier alpha value is -3.33. The Labute approximate surface area is 218 Å². The molecule has 0 radical (unpaired) electrons. The highest BCUT2D eigenvalue weighted by Crippen LogP contribution is 2.35. The van der Waals surface area contributed by atoms with E-state index in [0.717, 1.165) is 23.2 Å². The molecule has 1 aliphatic heterocycles. The molecule has 1 aromatic heterocycles. The molecule has 2 aromatic rings. The summed E-state index contributed by atoms with van der Waals surface area (Å²) in [5.41, 5.74) is -0.670. The molecule has 1 aliphatic rings. The number of likely N-dealkylation sites (tertiary alicyclic amines) is 1. The second-order valence-electron chi connectivity index (χ2n) is 7.59. The number of amides is 1. The zero-order valence-electron chi connectivity index (χ0n) is 18.5. The lowest BCUT2D eigenvalue weighted by Gasteiger charge is -2.23. The Balaban J connectivity index is 1.75. The molecule has 3 rings (SSSR count). The van der Waals surface area contributed by atoms with Gasteiger partial charge in [0.1, 0.15) is 28.4 Å². The number of benzene rings is 1. The van der Waals surface area contributed by atoms with Crippen LogP contribution in [-0.2, 0) is 14.3 Å². The van der Waals surface area contributed by atoms with Gasteiger partial charge in [0, 0.05) is 18.7 Å². The van der Waals surface area contributed by atoms with Gasteiger partial charge < -0.3 is 19.1 Å². The quantitative estimate of drug-likeness (QED) is 0.248. The maximum Gasteiger partial charge on any atom is 0.491 e. The summed E-state index contributed by atoms with van der Waals surface area (Å²) >= 11 is 11.9. The van der Waals surface area contributed by atoms with Crippen LogP contribution >= 0.6 is 23.2 Å². The van der Waals surface area contributed by atoms with Gasteiger partial charge in [-0.15, -0.1) is 0 Å². The molecule has 1 saturated heterocycles. The second-order valence-corrected chi connectivity index (χ2v) is 8.40. The number of pyridine rings is 1. The molecule has 206 valence electrons. The van der Waals surface area contributed by atoms with E-state index in [0.29, 0.717) is 6.07 Å². The number of ether oxygens (including phenoxy) is 3. The van der Waals surface area contributed by atoms with Crippen molar-refractivity contribution in [3.63, 3.8) is 0 Å². The van der Waals surface area contributed by atoms with Crippen LogP contribution in [0.4, 0.5) is 30.7 Å². The van der Waals surface area contributed by atoms with Crippen molar-refractivity contribution in [1.82, 2.24) is 9.88 Å². The van der Waals surface area contributed by atoms with Crippen LogP contribution in [0.25, 0.3) is 0 Å². The smallest absolute Gasteiger partial charge is 0.467 e. The molecule has 0 aliphatic carbocycles. The van der Waals surface area contributed by atoms with Crippen molar-refractivity contribution < 1.29 is 59.3 Å². The van der Waals surface area contributed by atoms with Crippen LogP contribution in [0.2, 0.25) is 10.0 Å². The van der Waals surface area contributed by atoms with Gasteiger partial charge in [0.15, 0.2) is 6.61 Å². The van der Waals surface area contributed by atoms with Crippen molar-refractivity contribution in [2.75, 3.05) is 13.2 Å². The molecule has 0 N–H and O–H groups in total. The number of carbonyl (C=O) groups excluding carboxylic acids is 3. The minimum atomic E-state index is -5.44. The van der Waals surface area contributed by atoms with Crippen LogP contribution in [0.3, 0.4) is 0 Å². The van der Waals surface area contributed by atoms with Crippen molar-refractivity contribution in [1.29, 1.82) is 0 Å². The monoisotopic (exact) mass is 592 g/mol. The Morgan fingerprint density at radius 1 is 1.05 bits per heavy atom. The third-order valence-corrected chi connectivity index (χ3v) is 5.41. The SMILES string of the molecule is O=C(OC(=O)C(F)(F)F)[C@@H]1CCCN1C(=O)c1cc(Cl)c(Oc2cnc(OCC(F)(F)F)c(Cl)c2)cc1F. The number of hydrogen-bond donors (Lipinski definition) is 0. The van der Waals surface area contributed by atoms with Gasteiger partial charge in [-0.2, -0.15) is 26.3 Å². The lowest BCUT2D eigenvalue weighted by atomic mass is 10.1. The Morgan fingerprint density at radius 3 is 2.34 bits per heavy atom. The molecule has 0 bridgehead atoms. The molecule has 1 atom stereocenters. The van der Waals surface area contributed by atoms with Crippen LogP contribution in [0.15, 0.2) is 24.4 Å². The lowest BCUT2D eigenvalue weighted by molar-refractivity contribution is -0.203. The van der Waals surface area contributed by atoms with Crippen LogP contribution in [0.1, 0.15) is 23.2 Å². The molecule has 8 nitrogen and oxygen atoms in total. The first-order valence-electron chi connectivity index (χ1n) is 10.2. The number of rotatable bonds is 6. The minimum Gasteiger partial charge on any atom is -0.467 e. The molecule has 17 heteroatoms. The number of hydrogen-bond acceptors (Lipinski definition) is 7. The third kappa shape index (κ3) is 7.16. The van der Waals surface area contributed by atoms with Gasteiger partial charge in [0.05, 0.1) is 16.8 Å². The summed E-state index contributed by atoms with van der Waals surface area (Å²) in [5.74, 6) is -7.81. The molecule has 1 amide bonds. The number of esters is 2. The highest BCUT2D eigenvalue weighted by molar-refractivity contribution is 6.32. The fourth-order valence-electron chi connectivity index (χ4n) is 3.24. The summed E-state index contributed by atoms with van der Waals surface area (Å²) in [6.07, 6.45) is -9.15. The van der Waals surface area contributed by atoms with Gasteiger partial charge in [-0.05, 0) is 18.9 Å². The van der Waals surface area contributed by atoms with Crippen molar-refractivity contribution >= 4 is 41.0 Å². The molecule has 1 aromatic carbocycles. The maximum atomic E-state index is 14.8. The zero-order valence-corrected chi connectivity index (χ0v) is 20.0. The zero-order chi connectivity index (χ0) is 28.4. The Morgan fingerprint density at radius 2 is 1.74 bits per heavy atom. The summed E-state index contributed by atoms with van der Waals surface area (Å²) in [5, 5.41) is -0.708. The van der Waals surface area contributed by atoms with Gasteiger partial charge in [-0.3, -0.25) is 4.79 Å². The van der Waals surface area contributed by atoms with E-state index in [1.165, 1.54) is 0 Å². The largest absolute Gasteiger partial charge is 0.491 e. The molecule has 0 spiro atoms.